The highest BCUT2D eigenvalue weighted by Crippen LogP contribution is 2.19. The number of hydrogen-bond donors (Lipinski definition) is 3. The van der Waals surface area contributed by atoms with E-state index in [1.54, 1.807) is 21.3 Å². The van der Waals surface area contributed by atoms with Crippen LogP contribution >= 0.6 is 0 Å². The predicted octanol–water partition coefficient (Wildman–Crippen LogP) is 4.49. The van der Waals surface area contributed by atoms with E-state index in [2.05, 4.69) is 13.8 Å². The molecule has 7 heteroatoms. The summed E-state index contributed by atoms with van der Waals surface area (Å²) < 4.78 is 21.2. The number of aliphatic hydroxyl groups excluding tert-OH is 3. The van der Waals surface area contributed by atoms with Crippen LogP contribution in [0, 0.1) is 5.92 Å². The van der Waals surface area contributed by atoms with E-state index in [1.807, 2.05) is 39.0 Å². The third-order valence-corrected chi connectivity index (χ3v) is 5.46. The number of ether oxygens (including phenoxy) is 4. The van der Waals surface area contributed by atoms with Crippen LogP contribution in [0.4, 0.5) is 0 Å². The minimum atomic E-state index is -0.970. The Balaban J connectivity index is -0.00000212. The Kier molecular flexibility index (Phi) is 28.8. The lowest BCUT2D eigenvalue weighted by molar-refractivity contribution is -0.164. The van der Waals surface area contributed by atoms with Gasteiger partial charge in [0, 0.05) is 42.0 Å². The number of allylic oxidation sites excluding steroid dienone is 2. The molecule has 3 N–H and O–H groups in total. The summed E-state index contributed by atoms with van der Waals surface area (Å²) in [6.45, 7) is 10.3. The molecule has 6 atom stereocenters. The minimum absolute atomic E-state index is 0.0752. The molecule has 0 heterocycles. The monoisotopic (exact) mass is 478 g/mol. The summed E-state index contributed by atoms with van der Waals surface area (Å²) in [4.78, 5) is 0. The van der Waals surface area contributed by atoms with Crippen molar-refractivity contribution in [2.75, 3.05) is 35.5 Å². The van der Waals surface area contributed by atoms with E-state index in [4.69, 9.17) is 24.1 Å². The van der Waals surface area contributed by atoms with Crippen LogP contribution in [0.5, 0.6) is 0 Å². The fraction of sp³-hybridized carbons (Fsp3) is 0.846. The lowest BCUT2D eigenvalue weighted by Gasteiger charge is -2.24. The molecule has 0 aromatic heterocycles. The maximum Gasteiger partial charge on any atom is 0.180 e. The van der Waals surface area contributed by atoms with Crippen molar-refractivity contribution in [3.8, 4) is 0 Å². The molecular formula is C26H54O7. The highest BCUT2D eigenvalue weighted by Gasteiger charge is 2.23. The lowest BCUT2D eigenvalue weighted by Crippen LogP contribution is -2.33. The van der Waals surface area contributed by atoms with E-state index in [0.29, 0.717) is 18.8 Å². The Morgan fingerprint density at radius 2 is 1.45 bits per heavy atom. The van der Waals surface area contributed by atoms with Gasteiger partial charge in [-0.15, -0.1) is 0 Å². The number of methoxy groups -OCH3 is 4. The average Bonchev–Trinajstić information content (AvgIpc) is 2.85. The molecule has 0 saturated carbocycles. The van der Waals surface area contributed by atoms with Gasteiger partial charge in [0.1, 0.15) is 6.10 Å². The first-order chi connectivity index (χ1) is 15.8. The van der Waals surface area contributed by atoms with Gasteiger partial charge in [0.15, 0.2) is 6.29 Å². The second kappa shape index (κ2) is 25.8. The molecule has 0 spiro atoms. The first kappa shape index (κ1) is 36.8. The molecule has 0 amide bonds. The maximum absolute atomic E-state index is 10.2. The molecule has 0 aromatic carbocycles. The van der Waals surface area contributed by atoms with Crippen molar-refractivity contribution >= 4 is 0 Å². The van der Waals surface area contributed by atoms with Crippen molar-refractivity contribution < 1.29 is 34.3 Å². The second-order valence-corrected chi connectivity index (χ2v) is 7.77. The van der Waals surface area contributed by atoms with E-state index in [-0.39, 0.29) is 18.3 Å². The second-order valence-electron chi connectivity index (χ2n) is 7.77. The van der Waals surface area contributed by atoms with Gasteiger partial charge in [-0.25, -0.2) is 0 Å². The summed E-state index contributed by atoms with van der Waals surface area (Å²) in [5, 5.41) is 27.0. The summed E-state index contributed by atoms with van der Waals surface area (Å²) in [5.74, 6) is 0.448. The molecule has 6 unspecified atom stereocenters. The van der Waals surface area contributed by atoms with Crippen LogP contribution in [0.1, 0.15) is 73.1 Å². The predicted molar refractivity (Wildman–Crippen MR) is 136 cm³/mol. The van der Waals surface area contributed by atoms with Crippen LogP contribution in [0.3, 0.4) is 0 Å². The van der Waals surface area contributed by atoms with E-state index in [9.17, 15) is 10.2 Å². The highest BCUT2D eigenvalue weighted by atomic mass is 16.6. The smallest absolute Gasteiger partial charge is 0.180 e. The average molecular weight is 479 g/mol. The van der Waals surface area contributed by atoms with Gasteiger partial charge in [0.25, 0.3) is 0 Å². The number of rotatable bonds is 17. The lowest BCUT2D eigenvalue weighted by atomic mass is 9.94. The van der Waals surface area contributed by atoms with Gasteiger partial charge in [0.05, 0.1) is 18.3 Å². The van der Waals surface area contributed by atoms with Crippen LogP contribution in [-0.4, -0.2) is 81.6 Å². The third kappa shape index (κ3) is 19.2. The summed E-state index contributed by atoms with van der Waals surface area (Å²) in [6.07, 6.45) is 9.11. The maximum atomic E-state index is 10.2. The zero-order chi connectivity index (χ0) is 26.2. The third-order valence-electron chi connectivity index (χ3n) is 5.46. The van der Waals surface area contributed by atoms with Crippen LogP contribution in [0.25, 0.3) is 0 Å². The Bertz CT molecular complexity index is 450. The summed E-state index contributed by atoms with van der Waals surface area (Å²) >= 11 is 0. The van der Waals surface area contributed by atoms with Gasteiger partial charge >= 0.3 is 0 Å². The summed E-state index contributed by atoms with van der Waals surface area (Å²) in [6, 6.07) is 0. The molecule has 0 fully saturated rings. The Labute approximate surface area is 203 Å². The molecule has 0 bridgehead atoms. The summed E-state index contributed by atoms with van der Waals surface area (Å²) in [5.41, 5.74) is 1.16. The Morgan fingerprint density at radius 1 is 0.879 bits per heavy atom. The molecule has 33 heavy (non-hydrogen) atoms. The first-order valence-corrected chi connectivity index (χ1v) is 12.1. The van der Waals surface area contributed by atoms with Crippen molar-refractivity contribution in [1.82, 2.24) is 0 Å². The topological polar surface area (TPSA) is 97.6 Å². The van der Waals surface area contributed by atoms with Crippen molar-refractivity contribution in [2.24, 2.45) is 5.92 Å². The Hall–Kier alpha value is -0.800. The molecular weight excluding hydrogens is 424 g/mol. The van der Waals surface area contributed by atoms with Crippen LogP contribution in [0.15, 0.2) is 23.8 Å². The van der Waals surface area contributed by atoms with Crippen molar-refractivity contribution in [3.63, 3.8) is 0 Å². The summed E-state index contributed by atoms with van der Waals surface area (Å²) in [7, 11) is 7.41. The van der Waals surface area contributed by atoms with E-state index >= 15 is 0 Å². The van der Waals surface area contributed by atoms with E-state index in [1.165, 1.54) is 7.11 Å². The highest BCUT2D eigenvalue weighted by molar-refractivity contribution is 5.11. The van der Waals surface area contributed by atoms with Crippen molar-refractivity contribution in [2.45, 2.75) is 104 Å². The number of hydrogen-bond acceptors (Lipinski definition) is 7. The first-order valence-electron chi connectivity index (χ1n) is 12.1. The molecule has 0 aromatic rings. The van der Waals surface area contributed by atoms with Gasteiger partial charge in [-0.05, 0) is 44.9 Å². The molecule has 0 aliphatic rings. The molecule has 200 valence electrons. The molecule has 0 saturated heterocycles. The SMILES string of the molecule is CC.CCC(OC)C(C)CCC(O)C/C=C/C=C(\C)CC(CC(OC)C(O)OC)OC.CO. The van der Waals surface area contributed by atoms with Crippen LogP contribution in [0.2, 0.25) is 0 Å². The van der Waals surface area contributed by atoms with Gasteiger partial charge in [-0.3, -0.25) is 0 Å². The minimum Gasteiger partial charge on any atom is -0.400 e. The van der Waals surface area contributed by atoms with Crippen LogP contribution in [-0.2, 0) is 18.9 Å². The fourth-order valence-electron chi connectivity index (χ4n) is 3.46. The van der Waals surface area contributed by atoms with E-state index in [0.717, 1.165) is 38.4 Å². The molecule has 7 nitrogen and oxygen atoms in total. The van der Waals surface area contributed by atoms with Crippen LogP contribution < -0.4 is 0 Å². The Morgan fingerprint density at radius 3 is 1.91 bits per heavy atom. The van der Waals surface area contributed by atoms with Crippen molar-refractivity contribution in [1.29, 1.82) is 0 Å². The standard InChI is InChI=1S/C23H44O6.C2H6.CH4O/c1-8-21(27-5)18(3)13-14-19(24)12-10-9-11-17(2)15-20(26-4)16-22(28-6)23(25)29-7;2*1-2/h9-11,18-25H,8,12-16H2,1-7H3;1-2H3;2H,1H3/b10-9+,17-11+;;. The van der Waals surface area contributed by atoms with Crippen molar-refractivity contribution in [3.05, 3.63) is 23.8 Å². The molecule has 0 rings (SSSR count). The van der Waals surface area contributed by atoms with Gasteiger partial charge in [-0.2, -0.15) is 0 Å². The van der Waals surface area contributed by atoms with Gasteiger partial charge in [0.2, 0.25) is 0 Å². The normalized spacial score (nSPS) is 17.2. The zero-order valence-corrected chi connectivity index (χ0v) is 22.9. The zero-order valence-electron chi connectivity index (χ0n) is 22.9. The fourth-order valence-corrected chi connectivity index (χ4v) is 3.46. The molecule has 0 aliphatic heterocycles. The van der Waals surface area contributed by atoms with Gasteiger partial charge in [-0.1, -0.05) is 51.5 Å². The molecule has 0 aliphatic carbocycles. The molecule has 0 radical (unpaired) electrons. The van der Waals surface area contributed by atoms with Gasteiger partial charge < -0.3 is 34.3 Å². The van der Waals surface area contributed by atoms with E-state index < -0.39 is 12.4 Å². The quantitative estimate of drug-likeness (QED) is 0.209. The number of aliphatic hydroxyl groups is 3. The largest absolute Gasteiger partial charge is 0.400 e.